The summed E-state index contributed by atoms with van der Waals surface area (Å²) >= 11 is 0. The smallest absolute Gasteiger partial charge is 0.250 e. The van der Waals surface area contributed by atoms with Crippen LogP contribution in [-0.4, -0.2) is 42.8 Å². The molecule has 2 atom stereocenters. The Morgan fingerprint density at radius 3 is 2.74 bits per heavy atom. The van der Waals surface area contributed by atoms with E-state index < -0.39 is 0 Å². The minimum atomic E-state index is -0.257. The third-order valence-electron chi connectivity index (χ3n) is 6.67. The molecule has 2 bridgehead atoms. The molecule has 0 radical (unpaired) electrons. The van der Waals surface area contributed by atoms with Crippen LogP contribution < -0.4 is 25.2 Å². The largest absolute Gasteiger partial charge is 0.497 e. The van der Waals surface area contributed by atoms with E-state index in [0.29, 0.717) is 29.0 Å². The minimum absolute atomic E-state index is 0.0864. The van der Waals surface area contributed by atoms with Crippen molar-refractivity contribution in [2.24, 2.45) is 5.92 Å². The lowest BCUT2D eigenvalue weighted by atomic mass is 9.83. The van der Waals surface area contributed by atoms with E-state index in [1.807, 2.05) is 34.9 Å². The van der Waals surface area contributed by atoms with E-state index in [-0.39, 0.29) is 11.5 Å². The Hall–Kier alpha value is -4.07. The van der Waals surface area contributed by atoms with E-state index >= 15 is 0 Å². The van der Waals surface area contributed by atoms with Gasteiger partial charge in [0.15, 0.2) is 0 Å². The highest BCUT2D eigenvalue weighted by Crippen LogP contribution is 2.36. The van der Waals surface area contributed by atoms with Gasteiger partial charge in [-0.25, -0.2) is 4.98 Å². The summed E-state index contributed by atoms with van der Waals surface area (Å²) in [5.74, 6) is 2.67. The van der Waals surface area contributed by atoms with Crippen molar-refractivity contribution in [1.29, 1.82) is 0 Å². The van der Waals surface area contributed by atoms with Crippen LogP contribution >= 0.6 is 0 Å². The second-order valence-electron chi connectivity index (χ2n) is 8.94. The molecule has 8 heteroatoms. The molecule has 35 heavy (non-hydrogen) atoms. The van der Waals surface area contributed by atoms with Crippen molar-refractivity contribution in [3.05, 3.63) is 82.4 Å². The number of carbonyl (C=O) groups is 1. The van der Waals surface area contributed by atoms with Crippen LogP contribution in [0.4, 0.5) is 11.5 Å². The summed E-state index contributed by atoms with van der Waals surface area (Å²) in [6.07, 6.45) is 5.94. The molecule has 0 unspecified atom stereocenters. The molecule has 5 rings (SSSR count). The average Bonchev–Trinajstić information content (AvgIpc) is 2.88. The summed E-state index contributed by atoms with van der Waals surface area (Å²) in [6.45, 7) is 2.44. The maximum Gasteiger partial charge on any atom is 0.250 e. The molecular weight excluding hydrogens is 444 g/mol. The number of aromatic nitrogens is 2. The highest BCUT2D eigenvalue weighted by molar-refractivity contribution is 6.02. The number of benzene rings is 1. The van der Waals surface area contributed by atoms with Crippen molar-refractivity contribution in [1.82, 2.24) is 9.55 Å². The van der Waals surface area contributed by atoms with Crippen molar-refractivity contribution < 1.29 is 14.3 Å². The van der Waals surface area contributed by atoms with Gasteiger partial charge in [-0.2, -0.15) is 0 Å². The van der Waals surface area contributed by atoms with Gasteiger partial charge in [-0.05, 0) is 48.7 Å². The van der Waals surface area contributed by atoms with E-state index in [9.17, 15) is 9.59 Å². The fourth-order valence-corrected chi connectivity index (χ4v) is 5.04. The normalized spacial score (nSPS) is 18.7. The summed E-state index contributed by atoms with van der Waals surface area (Å²) in [6, 6.07) is 14.8. The van der Waals surface area contributed by atoms with Crippen molar-refractivity contribution in [3.8, 4) is 11.5 Å². The second kappa shape index (κ2) is 9.66. The molecule has 1 amide bonds. The Morgan fingerprint density at radius 2 is 1.97 bits per heavy atom. The first-order valence-corrected chi connectivity index (χ1v) is 11.7. The lowest BCUT2D eigenvalue weighted by molar-refractivity contribution is -0.111. The maximum atomic E-state index is 12.4. The number of hydrogen-bond acceptors (Lipinski definition) is 6. The molecule has 1 fully saturated rings. The molecule has 2 aliphatic rings. The zero-order valence-electron chi connectivity index (χ0n) is 19.8. The lowest BCUT2D eigenvalue weighted by Gasteiger charge is -2.43. The highest BCUT2D eigenvalue weighted by Gasteiger charge is 2.34. The molecule has 2 aliphatic heterocycles. The first-order valence-electron chi connectivity index (χ1n) is 11.7. The van der Waals surface area contributed by atoms with E-state index in [4.69, 9.17) is 9.47 Å². The Labute approximate surface area is 203 Å². The van der Waals surface area contributed by atoms with Crippen LogP contribution in [0.5, 0.6) is 11.5 Å². The molecule has 3 aromatic rings. The number of methoxy groups -OCH3 is 2. The molecule has 1 saturated heterocycles. The summed E-state index contributed by atoms with van der Waals surface area (Å²) in [5, 5.41) is 2.85. The highest BCUT2D eigenvalue weighted by atomic mass is 16.5. The van der Waals surface area contributed by atoms with Crippen LogP contribution in [0.25, 0.3) is 6.08 Å². The Balaban J connectivity index is 1.23. The zero-order chi connectivity index (χ0) is 24.4. The number of piperidine rings is 1. The Kier molecular flexibility index (Phi) is 6.27. The quantitative estimate of drug-likeness (QED) is 0.553. The van der Waals surface area contributed by atoms with Crippen molar-refractivity contribution in [2.75, 3.05) is 37.5 Å². The fraction of sp³-hybridized carbons (Fsp3) is 0.296. The van der Waals surface area contributed by atoms with E-state index in [1.54, 1.807) is 38.6 Å². The molecule has 4 heterocycles. The molecule has 0 saturated carbocycles. The van der Waals surface area contributed by atoms with Crippen LogP contribution in [0.2, 0.25) is 0 Å². The number of anilines is 2. The monoisotopic (exact) mass is 472 g/mol. The fourth-order valence-electron chi connectivity index (χ4n) is 5.04. The van der Waals surface area contributed by atoms with Crippen LogP contribution in [0, 0.1) is 5.92 Å². The van der Waals surface area contributed by atoms with Gasteiger partial charge in [-0.3, -0.25) is 9.59 Å². The molecule has 1 aromatic carbocycles. The predicted octanol–water partition coefficient (Wildman–Crippen LogP) is 3.54. The van der Waals surface area contributed by atoms with Crippen LogP contribution in [0.3, 0.4) is 0 Å². The van der Waals surface area contributed by atoms with Gasteiger partial charge < -0.3 is 24.3 Å². The molecular formula is C27H28N4O4. The van der Waals surface area contributed by atoms with Gasteiger partial charge in [0.1, 0.15) is 17.3 Å². The van der Waals surface area contributed by atoms with Gasteiger partial charge >= 0.3 is 0 Å². The summed E-state index contributed by atoms with van der Waals surface area (Å²) in [4.78, 5) is 31.6. The number of fused-ring (bicyclic) bond motifs is 4. The van der Waals surface area contributed by atoms with Gasteiger partial charge in [-0.1, -0.05) is 6.07 Å². The number of pyridine rings is 2. The molecule has 2 aromatic heterocycles. The van der Waals surface area contributed by atoms with Gasteiger partial charge in [0.2, 0.25) is 5.91 Å². The lowest BCUT2D eigenvalue weighted by Crippen LogP contribution is -2.47. The SMILES string of the molecule is COc1ccc(/C=C/C(=O)Nc2ccc(N3C[C@@H]4C[C@H](C3)c3cccc(=O)n3C4)nc2)c(OC)c1. The molecule has 0 spiro atoms. The van der Waals surface area contributed by atoms with E-state index in [0.717, 1.165) is 43.1 Å². The van der Waals surface area contributed by atoms with E-state index in [1.165, 1.54) is 6.08 Å². The number of nitrogens with zero attached hydrogens (tertiary/aromatic N) is 3. The first kappa shape index (κ1) is 22.7. The van der Waals surface area contributed by atoms with Gasteiger partial charge in [0.05, 0.1) is 26.1 Å². The van der Waals surface area contributed by atoms with Crippen LogP contribution in [0.15, 0.2) is 65.6 Å². The third kappa shape index (κ3) is 4.77. The Bertz CT molecular complexity index is 1320. The van der Waals surface area contributed by atoms with Crippen LogP contribution in [0.1, 0.15) is 23.6 Å². The molecule has 1 N–H and O–H groups in total. The number of amides is 1. The number of ether oxygens (including phenoxy) is 2. The standard InChI is InChI=1S/C27H28N4O4/c1-34-22-9-6-19(24(13-22)35-2)7-11-26(32)29-21-8-10-25(28-14-21)30-15-18-12-20(17-30)23-4-3-5-27(33)31(23)16-18/h3-11,13-14,18,20H,12,15-17H2,1-2H3,(H,29,32)/b11-7+/t18-,20+/m0/s1. The third-order valence-corrected chi connectivity index (χ3v) is 6.67. The van der Waals surface area contributed by atoms with Crippen molar-refractivity contribution >= 4 is 23.5 Å². The van der Waals surface area contributed by atoms with Crippen molar-refractivity contribution in [3.63, 3.8) is 0 Å². The van der Waals surface area contributed by atoms with E-state index in [2.05, 4.69) is 21.3 Å². The number of rotatable bonds is 6. The predicted molar refractivity (Wildman–Crippen MR) is 135 cm³/mol. The Morgan fingerprint density at radius 1 is 1.09 bits per heavy atom. The summed E-state index contributed by atoms with van der Waals surface area (Å²) in [7, 11) is 3.17. The minimum Gasteiger partial charge on any atom is -0.497 e. The molecule has 0 aliphatic carbocycles. The zero-order valence-corrected chi connectivity index (χ0v) is 19.8. The summed E-state index contributed by atoms with van der Waals surface area (Å²) in [5.41, 5.74) is 2.60. The first-order chi connectivity index (χ1) is 17.0. The van der Waals surface area contributed by atoms with Gasteiger partial charge in [0.25, 0.3) is 5.56 Å². The molecule has 8 nitrogen and oxygen atoms in total. The molecule has 180 valence electrons. The summed E-state index contributed by atoms with van der Waals surface area (Å²) < 4.78 is 12.5. The maximum absolute atomic E-state index is 12.4. The number of nitrogens with one attached hydrogen (secondary N) is 1. The van der Waals surface area contributed by atoms with Gasteiger partial charge in [-0.15, -0.1) is 0 Å². The average molecular weight is 473 g/mol. The second-order valence-corrected chi connectivity index (χ2v) is 8.94. The topological polar surface area (TPSA) is 85.7 Å². The van der Waals surface area contributed by atoms with Crippen LogP contribution in [-0.2, 0) is 11.3 Å². The number of carbonyl (C=O) groups excluding carboxylic acids is 1. The van der Waals surface area contributed by atoms with Gasteiger partial charge in [0, 0.05) is 55.0 Å². The van der Waals surface area contributed by atoms with Crippen molar-refractivity contribution in [2.45, 2.75) is 18.9 Å². The number of hydrogen-bond donors (Lipinski definition) is 1.